The van der Waals surface area contributed by atoms with Gasteiger partial charge in [-0.3, -0.25) is 29.4 Å². The molecule has 2 aromatic carbocycles. The third-order valence-electron chi connectivity index (χ3n) is 13.2. The molecule has 1 unspecified atom stereocenters. The molecule has 1 saturated carbocycles. The van der Waals surface area contributed by atoms with Crippen LogP contribution in [-0.4, -0.2) is 137 Å². The highest BCUT2D eigenvalue weighted by Gasteiger charge is 2.60. The number of rotatable bonds is 18. The Bertz CT molecular complexity index is 2340. The van der Waals surface area contributed by atoms with Crippen molar-refractivity contribution in [3.8, 4) is 0 Å². The molecule has 66 heavy (non-hydrogen) atoms. The Balaban J connectivity index is 0.935. The molecule has 19 nitrogen and oxygen atoms in total. The van der Waals surface area contributed by atoms with Gasteiger partial charge in [-0.1, -0.05) is 26.0 Å². The van der Waals surface area contributed by atoms with Gasteiger partial charge in [-0.15, -0.1) is 23.5 Å². The number of aliphatic hydroxyl groups is 1. The number of esters is 1. The van der Waals surface area contributed by atoms with Crippen LogP contribution in [0, 0.1) is 29.6 Å². The summed E-state index contributed by atoms with van der Waals surface area (Å²) in [6.45, 7) is 6.75. The first-order valence-corrected chi connectivity index (χ1v) is 23.6. The van der Waals surface area contributed by atoms with Crippen LogP contribution in [0.1, 0.15) is 74.1 Å². The summed E-state index contributed by atoms with van der Waals surface area (Å²) in [5, 5.41) is 57.6. The number of hydrogen-bond donors (Lipinski definition) is 8. The second-order valence-electron chi connectivity index (χ2n) is 17.6. The number of carbonyl (C=O) groups excluding carboxylic acids is 4. The highest BCUT2D eigenvalue weighted by atomic mass is 32.2. The zero-order valence-electron chi connectivity index (χ0n) is 36.5. The third kappa shape index (κ3) is 10.0. The molecule has 0 aromatic heterocycles. The number of thioether (sulfide) groups is 2. The first kappa shape index (κ1) is 48.6. The van der Waals surface area contributed by atoms with Crippen LogP contribution in [-0.2, 0) is 33.6 Å². The quantitative estimate of drug-likeness (QED) is 0.0453. The van der Waals surface area contributed by atoms with Gasteiger partial charge in [-0.25, -0.2) is 19.3 Å². The lowest BCUT2D eigenvalue weighted by atomic mass is 9.79. The summed E-state index contributed by atoms with van der Waals surface area (Å²) in [5.41, 5.74) is 1.10. The number of carboxylic acid groups (broad SMARTS) is 3. The number of aliphatic hydroxyl groups excluding tert-OH is 1. The van der Waals surface area contributed by atoms with Crippen LogP contribution in [0.3, 0.4) is 0 Å². The van der Waals surface area contributed by atoms with Crippen LogP contribution in [0.2, 0.25) is 0 Å². The molecule has 3 fully saturated rings. The van der Waals surface area contributed by atoms with Crippen molar-refractivity contribution in [1.29, 1.82) is 0 Å². The topological polar surface area (TPSA) is 291 Å². The first-order chi connectivity index (χ1) is 31.4. The van der Waals surface area contributed by atoms with E-state index >= 15 is 0 Å². The number of carboxylic acids is 3. The van der Waals surface area contributed by atoms with E-state index in [1.807, 2.05) is 13.8 Å². The molecule has 0 spiro atoms. The third-order valence-corrected chi connectivity index (χ3v) is 16.5. The molecule has 7 rings (SSSR count). The van der Waals surface area contributed by atoms with Crippen LogP contribution in [0.15, 0.2) is 64.1 Å². The number of aromatic carboxylic acids is 1. The van der Waals surface area contributed by atoms with Gasteiger partial charge in [-0.2, -0.15) is 0 Å². The average molecular weight is 952 g/mol. The van der Waals surface area contributed by atoms with Crippen LogP contribution < -0.4 is 16.0 Å². The molecule has 4 aliphatic heterocycles. The van der Waals surface area contributed by atoms with E-state index in [-0.39, 0.29) is 62.6 Å². The largest absolute Gasteiger partial charge is 0.481 e. The van der Waals surface area contributed by atoms with Gasteiger partial charge in [0.1, 0.15) is 24.3 Å². The van der Waals surface area contributed by atoms with Gasteiger partial charge < -0.3 is 46.0 Å². The maximum absolute atomic E-state index is 13.5. The van der Waals surface area contributed by atoms with Gasteiger partial charge in [0.05, 0.1) is 52.2 Å². The van der Waals surface area contributed by atoms with E-state index in [9.17, 15) is 59.2 Å². The van der Waals surface area contributed by atoms with Crippen molar-refractivity contribution >= 4 is 82.2 Å². The van der Waals surface area contributed by atoms with Crippen molar-refractivity contribution in [2.75, 3.05) is 23.8 Å². The summed E-state index contributed by atoms with van der Waals surface area (Å²) in [5.74, 6) is -8.53. The zero-order valence-corrected chi connectivity index (χ0v) is 38.1. The van der Waals surface area contributed by atoms with E-state index in [1.165, 1.54) is 66.5 Å². The fraction of sp³-hybridized carbons (Fsp3) is 0.511. The summed E-state index contributed by atoms with van der Waals surface area (Å²) < 4.78 is 5.75. The number of aliphatic imine (C=N–C) groups is 1. The van der Waals surface area contributed by atoms with Crippen molar-refractivity contribution in [3.05, 3.63) is 70.3 Å². The number of hydrogen-bond acceptors (Lipinski definition) is 15. The molecule has 8 N–H and O–H groups in total. The fourth-order valence-corrected chi connectivity index (χ4v) is 13.1. The predicted molar refractivity (Wildman–Crippen MR) is 242 cm³/mol. The molecule has 2 saturated heterocycles. The molecular formula is C45H53N5O14S2. The normalized spacial score (nSPS) is 29.3. The number of carbonyl (C=O) groups is 7. The van der Waals surface area contributed by atoms with E-state index < -0.39 is 83.8 Å². The lowest BCUT2D eigenvalue weighted by molar-refractivity contribution is -0.227. The number of fused-ring (bicyclic) bond motifs is 1. The Hall–Kier alpha value is -5.32. The number of amides is 3. The molecular weight excluding hydrogens is 899 g/mol. The molecule has 1 aliphatic carbocycles. The summed E-state index contributed by atoms with van der Waals surface area (Å²) in [6, 6.07) is 10.0. The SMILES string of the molecule is C[C@@H](O)[C@H]1C(=O)N2C(C(=O)O)=C(S[C@@H]3CN[C@H](C(=O)Nc4cccc(C(=O)O[C@H](C)[C@@H](C(=O)O)[C@@H]5N=C(COO)C(S[C@@H]6CC[C@H](C(=O)Nc7cccc(C(=O)O)c7)C6)[C@@H]5C)c4)C3)[C@H](C)[C@H]12. The van der Waals surface area contributed by atoms with Crippen molar-refractivity contribution in [3.63, 3.8) is 0 Å². The fourth-order valence-electron chi connectivity index (χ4n) is 9.88. The van der Waals surface area contributed by atoms with Gasteiger partial charge in [0.25, 0.3) is 0 Å². The lowest BCUT2D eigenvalue weighted by Gasteiger charge is -2.46. The maximum atomic E-state index is 13.5. The van der Waals surface area contributed by atoms with Crippen molar-refractivity contribution < 1.29 is 68.9 Å². The Morgan fingerprint density at radius 1 is 0.909 bits per heavy atom. The number of nitrogens with zero attached hydrogens (tertiary/aromatic N) is 2. The van der Waals surface area contributed by atoms with Gasteiger partial charge in [0.15, 0.2) is 0 Å². The molecule has 2 aromatic rings. The molecule has 21 heteroatoms. The van der Waals surface area contributed by atoms with E-state index in [1.54, 1.807) is 24.3 Å². The van der Waals surface area contributed by atoms with Gasteiger partial charge in [0.2, 0.25) is 17.7 Å². The second-order valence-corrected chi connectivity index (χ2v) is 20.3. The minimum Gasteiger partial charge on any atom is -0.481 e. The number of ether oxygens (including phenoxy) is 1. The number of aliphatic carboxylic acids is 2. The highest BCUT2D eigenvalue weighted by Crippen LogP contribution is 2.52. The van der Waals surface area contributed by atoms with Crippen LogP contribution in [0.25, 0.3) is 0 Å². The van der Waals surface area contributed by atoms with E-state index in [2.05, 4.69) is 20.8 Å². The molecule has 3 amide bonds. The lowest BCUT2D eigenvalue weighted by Crippen LogP contribution is -2.63. The standard InChI is InChI=1S/C45H53N5O14S2/c1-19-34(49-31(18-63-62)37(19)65-28-12-11-23(15-28)39(52)47-26-9-5-7-24(13-26)42(55)56)33(43(57)58)22(4)64-45(61)25-8-6-10-27(14-25)48-40(53)30-16-29(17-46-30)66-38-20(2)35-32(21(3)51)41(54)50(35)36(38)44(59)60/h5-10,13-14,19-23,28-30,32-35,37,46,51,62H,11-12,15-18H2,1-4H3,(H,47,52)(H,48,53)(H,55,56)(H,57,58)(H,59,60)/t19-,20-,21-,22-,23+,28-,29+,30+,32-,33-,34-,35-,37?/m1/s1. The Kier molecular flexibility index (Phi) is 14.9. The minimum absolute atomic E-state index is 0.0189. The van der Waals surface area contributed by atoms with Crippen LogP contribution in [0.4, 0.5) is 11.4 Å². The number of β-lactam (4-membered cyclic amide) rings is 1. The molecule has 5 aliphatic rings. The summed E-state index contributed by atoms with van der Waals surface area (Å²) in [4.78, 5) is 100. The van der Waals surface area contributed by atoms with E-state index in [0.29, 0.717) is 48.5 Å². The number of anilines is 2. The maximum Gasteiger partial charge on any atom is 0.353 e. The highest BCUT2D eigenvalue weighted by molar-refractivity contribution is 8.03. The summed E-state index contributed by atoms with van der Waals surface area (Å²) in [6.07, 6.45) is -0.00221. The Labute approximate surface area is 388 Å². The van der Waals surface area contributed by atoms with E-state index in [0.717, 1.165) is 0 Å². The summed E-state index contributed by atoms with van der Waals surface area (Å²) in [7, 11) is 0. The van der Waals surface area contributed by atoms with Crippen LogP contribution in [0.5, 0.6) is 0 Å². The van der Waals surface area contributed by atoms with Crippen molar-refractivity contribution in [2.45, 2.75) is 99.5 Å². The smallest absolute Gasteiger partial charge is 0.353 e. The Morgan fingerprint density at radius 2 is 1.58 bits per heavy atom. The van der Waals surface area contributed by atoms with E-state index in [4.69, 9.17) is 9.73 Å². The number of benzene rings is 2. The van der Waals surface area contributed by atoms with Gasteiger partial charge >= 0.3 is 23.9 Å². The zero-order chi connectivity index (χ0) is 47.7. The Morgan fingerprint density at radius 3 is 2.21 bits per heavy atom. The summed E-state index contributed by atoms with van der Waals surface area (Å²) >= 11 is 2.83. The number of nitrogens with one attached hydrogen (secondary N) is 3. The van der Waals surface area contributed by atoms with Crippen molar-refractivity contribution in [2.24, 2.45) is 34.6 Å². The molecule has 0 radical (unpaired) electrons. The molecule has 0 bridgehead atoms. The van der Waals surface area contributed by atoms with Gasteiger partial charge in [0, 0.05) is 45.2 Å². The average Bonchev–Trinajstić information content (AvgIpc) is 4.05. The van der Waals surface area contributed by atoms with Gasteiger partial charge in [-0.05, 0) is 81.8 Å². The monoisotopic (exact) mass is 951 g/mol. The first-order valence-electron chi connectivity index (χ1n) is 21.7. The second kappa shape index (κ2) is 20.3. The molecule has 354 valence electrons. The minimum atomic E-state index is -1.30. The molecule has 4 heterocycles. The predicted octanol–water partition coefficient (Wildman–Crippen LogP) is 4.04. The molecule has 13 atom stereocenters. The van der Waals surface area contributed by atoms with Crippen LogP contribution >= 0.6 is 23.5 Å². The van der Waals surface area contributed by atoms with Crippen molar-refractivity contribution in [1.82, 2.24) is 10.2 Å².